The molecule has 0 rings (SSSR count). The van der Waals surface area contributed by atoms with E-state index in [9.17, 15) is 19.4 Å². The first-order valence-corrected chi connectivity index (χ1v) is 41.2. The van der Waals surface area contributed by atoms with Crippen LogP contribution >= 0.6 is 7.82 Å². The van der Waals surface area contributed by atoms with Gasteiger partial charge in [-0.25, -0.2) is 4.57 Å². The van der Waals surface area contributed by atoms with Crippen LogP contribution < -0.4 is 5.32 Å². The Hall–Kier alpha value is -1.02. The van der Waals surface area contributed by atoms with E-state index in [1.54, 1.807) is 6.08 Å². The lowest BCUT2D eigenvalue weighted by Gasteiger charge is -2.25. The van der Waals surface area contributed by atoms with Gasteiger partial charge in [0, 0.05) is 6.42 Å². The first-order valence-electron chi connectivity index (χ1n) is 39.7. The summed E-state index contributed by atoms with van der Waals surface area (Å²) in [4.78, 5) is 23.5. The predicted molar refractivity (Wildman–Crippen MR) is 388 cm³/mol. The topological polar surface area (TPSA) is 105 Å². The van der Waals surface area contributed by atoms with Crippen LogP contribution in [0.4, 0.5) is 0 Å². The highest BCUT2D eigenvalue weighted by Gasteiger charge is 2.28. The van der Waals surface area contributed by atoms with Crippen LogP contribution in [0.2, 0.25) is 0 Å². The van der Waals surface area contributed by atoms with Crippen LogP contribution in [-0.2, 0) is 18.4 Å². The molecule has 0 aliphatic carbocycles. The maximum atomic E-state index is 13.1. The Bertz CT molecular complexity index is 1480. The first kappa shape index (κ1) is 87.0. The number of nitrogens with zero attached hydrogens (tertiary/aromatic N) is 1. The maximum Gasteiger partial charge on any atom is 0.472 e. The minimum absolute atomic E-state index is 0.0648. The number of rotatable bonds is 75. The summed E-state index contributed by atoms with van der Waals surface area (Å²) < 4.78 is 23.9. The van der Waals surface area contributed by atoms with Crippen LogP contribution in [0.1, 0.15) is 425 Å². The fraction of sp³-hybridized carbons (Fsp3) is 0.937. The quantitative estimate of drug-likeness (QED) is 0.0243. The van der Waals surface area contributed by atoms with Crippen LogP contribution in [0, 0.1) is 0 Å². The van der Waals surface area contributed by atoms with Gasteiger partial charge in [0.2, 0.25) is 5.91 Å². The van der Waals surface area contributed by atoms with E-state index in [2.05, 4.69) is 31.3 Å². The fourth-order valence-electron chi connectivity index (χ4n) is 12.5. The van der Waals surface area contributed by atoms with Crippen molar-refractivity contribution >= 4 is 13.7 Å². The average Bonchev–Trinajstić information content (AvgIpc) is 3.64. The molecule has 3 N–H and O–H groups in total. The number of hydrogen-bond donors (Lipinski definition) is 3. The highest BCUT2D eigenvalue weighted by molar-refractivity contribution is 7.47. The second kappa shape index (κ2) is 70.3. The van der Waals surface area contributed by atoms with Crippen LogP contribution in [0.3, 0.4) is 0 Å². The van der Waals surface area contributed by atoms with E-state index in [0.717, 1.165) is 32.1 Å². The molecule has 0 aliphatic heterocycles. The monoisotopic (exact) mass is 1260 g/mol. The molecule has 0 aromatic rings. The van der Waals surface area contributed by atoms with Gasteiger partial charge in [-0.2, -0.15) is 0 Å². The van der Waals surface area contributed by atoms with Gasteiger partial charge in [0.1, 0.15) is 13.2 Å². The summed E-state index contributed by atoms with van der Waals surface area (Å²) in [6.45, 7) is 4.89. The van der Waals surface area contributed by atoms with E-state index in [1.165, 1.54) is 372 Å². The number of likely N-dealkylation sites (N-methyl/N-ethyl adjacent to an activating group) is 1. The molecule has 0 aromatic carbocycles. The van der Waals surface area contributed by atoms with Gasteiger partial charge in [0.25, 0.3) is 0 Å². The second-order valence-electron chi connectivity index (χ2n) is 28.8. The van der Waals surface area contributed by atoms with E-state index in [-0.39, 0.29) is 19.1 Å². The lowest BCUT2D eigenvalue weighted by Crippen LogP contribution is -2.45. The molecule has 8 nitrogen and oxygen atoms in total. The number of allylic oxidation sites excluding steroid dienone is 3. The number of phosphoric ester groups is 1. The fourth-order valence-corrected chi connectivity index (χ4v) is 13.3. The zero-order valence-electron chi connectivity index (χ0n) is 60.3. The largest absolute Gasteiger partial charge is 0.472 e. The summed E-state index contributed by atoms with van der Waals surface area (Å²) in [7, 11) is 1.60. The summed E-state index contributed by atoms with van der Waals surface area (Å²) in [5, 5.41) is 14.1. The Morgan fingerprint density at radius 1 is 0.375 bits per heavy atom. The van der Waals surface area contributed by atoms with Crippen molar-refractivity contribution in [2.75, 3.05) is 40.9 Å². The van der Waals surface area contributed by atoms with Crippen molar-refractivity contribution in [3.63, 3.8) is 0 Å². The van der Waals surface area contributed by atoms with Crippen molar-refractivity contribution < 1.29 is 32.9 Å². The summed E-state index contributed by atoms with van der Waals surface area (Å²) >= 11 is 0. The minimum Gasteiger partial charge on any atom is -0.387 e. The number of unbranched alkanes of at least 4 members (excludes halogenated alkanes) is 60. The number of aliphatic hydroxyl groups excluding tert-OH is 1. The lowest BCUT2D eigenvalue weighted by molar-refractivity contribution is -0.870. The van der Waals surface area contributed by atoms with Crippen molar-refractivity contribution in [3.05, 3.63) is 24.3 Å². The zero-order valence-corrected chi connectivity index (χ0v) is 61.2. The standard InChI is InChI=1S/C79H157N2O6P/c1-6-8-10-12-14-16-18-20-22-24-26-28-30-32-34-36-38-39-40-41-43-45-47-49-51-53-55-57-59-61-63-65-67-69-71-73-79(83)80-77(76-87-88(84,85)86-75-74-81(3,4)5)78(82)72-70-68-66-64-62-60-58-56-54-52-50-48-46-44-42-37-35-33-31-29-27-25-23-21-19-17-15-13-11-9-7-2/h24,26,70,72,77-78,82H,6-23,25,27-69,71,73-76H2,1-5H3,(H-,80,83,84,85)/p+1/b26-24-,72-70+. The zero-order chi connectivity index (χ0) is 64.1. The van der Waals surface area contributed by atoms with Gasteiger partial charge < -0.3 is 19.8 Å². The third-order valence-electron chi connectivity index (χ3n) is 18.7. The van der Waals surface area contributed by atoms with Crippen molar-refractivity contribution in [2.45, 2.75) is 437 Å². The molecule has 0 saturated heterocycles. The van der Waals surface area contributed by atoms with Crippen LogP contribution in [0.5, 0.6) is 0 Å². The van der Waals surface area contributed by atoms with Gasteiger partial charge >= 0.3 is 7.82 Å². The Labute approximate surface area is 551 Å². The van der Waals surface area contributed by atoms with Crippen molar-refractivity contribution in [3.8, 4) is 0 Å². The van der Waals surface area contributed by atoms with E-state index in [0.29, 0.717) is 17.4 Å². The van der Waals surface area contributed by atoms with Crippen LogP contribution in [0.15, 0.2) is 24.3 Å². The SMILES string of the molecule is CCCCCCCCCC/C=C\CCCCCCCCCCCCCCCCCCCCCCCCCC(=O)NC(COP(=O)(O)OCC[N+](C)(C)C)C(O)/C=C/CCCCCCCCCCCCCCCCCCCCCCCCCCCCCCC. The third-order valence-corrected chi connectivity index (χ3v) is 19.6. The van der Waals surface area contributed by atoms with Crippen LogP contribution in [-0.4, -0.2) is 73.4 Å². The summed E-state index contributed by atoms with van der Waals surface area (Å²) in [5.41, 5.74) is 0. The Balaban J connectivity index is 3.95. The summed E-state index contributed by atoms with van der Waals surface area (Å²) in [6.07, 6.45) is 93.7. The molecular weight excluding hydrogens is 1100 g/mol. The second-order valence-corrected chi connectivity index (χ2v) is 30.3. The Morgan fingerprint density at radius 3 is 0.875 bits per heavy atom. The van der Waals surface area contributed by atoms with Gasteiger partial charge in [-0.3, -0.25) is 13.8 Å². The predicted octanol–water partition coefficient (Wildman–Crippen LogP) is 25.8. The highest BCUT2D eigenvalue weighted by atomic mass is 31.2. The van der Waals surface area contributed by atoms with Crippen LogP contribution in [0.25, 0.3) is 0 Å². The molecular formula is C79H158N2O6P+. The van der Waals surface area contributed by atoms with Gasteiger partial charge in [0.05, 0.1) is 39.9 Å². The highest BCUT2D eigenvalue weighted by Crippen LogP contribution is 2.43. The van der Waals surface area contributed by atoms with Gasteiger partial charge in [-0.1, -0.05) is 398 Å². The molecule has 3 atom stereocenters. The third kappa shape index (κ3) is 72.4. The molecule has 9 heteroatoms. The lowest BCUT2D eigenvalue weighted by atomic mass is 10.0. The van der Waals surface area contributed by atoms with E-state index in [1.807, 2.05) is 27.2 Å². The average molecular weight is 1260 g/mol. The van der Waals surface area contributed by atoms with E-state index >= 15 is 0 Å². The molecule has 0 aromatic heterocycles. The number of carbonyl (C=O) groups excluding carboxylic acids is 1. The van der Waals surface area contributed by atoms with E-state index in [4.69, 9.17) is 9.05 Å². The number of hydrogen-bond acceptors (Lipinski definition) is 5. The molecule has 0 saturated carbocycles. The molecule has 0 fully saturated rings. The van der Waals surface area contributed by atoms with Crippen molar-refractivity contribution in [1.82, 2.24) is 5.32 Å². The number of nitrogens with one attached hydrogen (secondary N) is 1. The number of amides is 1. The number of aliphatic hydroxyl groups is 1. The molecule has 1 amide bonds. The Kier molecular flexibility index (Phi) is 69.5. The molecule has 0 spiro atoms. The summed E-state index contributed by atoms with van der Waals surface area (Å²) in [6, 6.07) is -0.846. The van der Waals surface area contributed by atoms with Gasteiger partial charge in [0.15, 0.2) is 0 Å². The first-order chi connectivity index (χ1) is 43.0. The van der Waals surface area contributed by atoms with Crippen molar-refractivity contribution in [2.24, 2.45) is 0 Å². The number of quaternary nitrogens is 1. The number of carbonyl (C=O) groups is 1. The molecule has 0 radical (unpaired) electrons. The van der Waals surface area contributed by atoms with Gasteiger partial charge in [-0.05, 0) is 44.9 Å². The molecule has 3 unspecified atom stereocenters. The normalized spacial score (nSPS) is 13.6. The molecule has 0 bridgehead atoms. The smallest absolute Gasteiger partial charge is 0.387 e. The number of phosphoric acid groups is 1. The Morgan fingerprint density at radius 2 is 0.614 bits per heavy atom. The molecule has 0 heterocycles. The van der Waals surface area contributed by atoms with Gasteiger partial charge in [-0.15, -0.1) is 0 Å². The van der Waals surface area contributed by atoms with E-state index < -0.39 is 20.0 Å². The molecule has 88 heavy (non-hydrogen) atoms. The minimum atomic E-state index is -4.35. The summed E-state index contributed by atoms with van der Waals surface area (Å²) in [5.74, 6) is -0.166. The molecule has 0 aliphatic rings. The maximum absolute atomic E-state index is 13.1. The molecule has 524 valence electrons. The van der Waals surface area contributed by atoms with Crippen molar-refractivity contribution in [1.29, 1.82) is 0 Å².